The first-order valence-corrected chi connectivity index (χ1v) is 9.59. The highest BCUT2D eigenvalue weighted by atomic mass is 32.1. The molecule has 0 aliphatic heterocycles. The van der Waals surface area contributed by atoms with Gasteiger partial charge in [-0.3, -0.25) is 14.2 Å². The lowest BCUT2D eigenvalue weighted by molar-refractivity contribution is 0.102. The zero-order chi connectivity index (χ0) is 20.4. The van der Waals surface area contributed by atoms with Crippen LogP contribution in [0.1, 0.15) is 22.8 Å². The van der Waals surface area contributed by atoms with Crippen LogP contribution in [0.15, 0.2) is 66.0 Å². The molecule has 2 heterocycles. The van der Waals surface area contributed by atoms with Crippen LogP contribution in [0, 0.1) is 4.77 Å². The van der Waals surface area contributed by atoms with Crippen molar-refractivity contribution in [2.75, 3.05) is 5.32 Å². The first-order valence-electron chi connectivity index (χ1n) is 9.18. The number of nitrogens with one attached hydrogen (secondary N) is 2. The minimum absolute atomic E-state index is 0.160. The van der Waals surface area contributed by atoms with Gasteiger partial charge in [0.25, 0.3) is 11.5 Å². The van der Waals surface area contributed by atoms with E-state index in [2.05, 4.69) is 15.3 Å². The van der Waals surface area contributed by atoms with Crippen LogP contribution in [-0.4, -0.2) is 25.0 Å². The van der Waals surface area contributed by atoms with Gasteiger partial charge in [-0.1, -0.05) is 12.1 Å². The first kappa shape index (κ1) is 18.8. The minimum atomic E-state index is -0.256. The molecule has 4 rings (SSSR count). The van der Waals surface area contributed by atoms with E-state index in [1.54, 1.807) is 30.7 Å². The molecule has 0 atom stereocenters. The number of hydrogen-bond donors (Lipinski definition) is 2. The van der Waals surface area contributed by atoms with Gasteiger partial charge in [0.2, 0.25) is 0 Å². The van der Waals surface area contributed by atoms with Crippen LogP contribution in [0.4, 0.5) is 5.69 Å². The monoisotopic (exact) mass is 405 g/mol. The van der Waals surface area contributed by atoms with Crippen molar-refractivity contribution in [2.45, 2.75) is 20.0 Å². The Morgan fingerprint density at radius 1 is 1.21 bits per heavy atom. The van der Waals surface area contributed by atoms with Gasteiger partial charge in [0.15, 0.2) is 4.77 Å². The molecule has 0 saturated heterocycles. The summed E-state index contributed by atoms with van der Waals surface area (Å²) in [5.41, 5.74) is 2.63. The summed E-state index contributed by atoms with van der Waals surface area (Å²) >= 11 is 5.23. The predicted molar refractivity (Wildman–Crippen MR) is 115 cm³/mol. The lowest BCUT2D eigenvalue weighted by atomic mass is 10.1. The zero-order valence-corrected chi connectivity index (χ0v) is 16.6. The number of carbonyl (C=O) groups is 1. The molecule has 29 heavy (non-hydrogen) atoms. The molecule has 0 bridgehead atoms. The smallest absolute Gasteiger partial charge is 0.262 e. The van der Waals surface area contributed by atoms with Gasteiger partial charge in [0.1, 0.15) is 0 Å². The summed E-state index contributed by atoms with van der Waals surface area (Å²) in [5, 5.41) is 3.38. The van der Waals surface area contributed by atoms with Crippen LogP contribution in [0.2, 0.25) is 0 Å². The third-order valence-corrected chi connectivity index (χ3v) is 5.02. The average Bonchev–Trinajstić information content (AvgIpc) is 3.22. The van der Waals surface area contributed by atoms with Gasteiger partial charge in [-0.15, -0.1) is 0 Å². The Kier molecular flexibility index (Phi) is 5.09. The molecule has 2 aromatic carbocycles. The van der Waals surface area contributed by atoms with Crippen molar-refractivity contribution in [3.05, 3.63) is 87.4 Å². The molecule has 1 amide bonds. The first-order chi connectivity index (χ1) is 14.0. The van der Waals surface area contributed by atoms with E-state index >= 15 is 0 Å². The third kappa shape index (κ3) is 3.88. The minimum Gasteiger partial charge on any atom is -0.333 e. The third-order valence-electron chi connectivity index (χ3n) is 4.70. The Hall–Kier alpha value is -3.52. The quantitative estimate of drug-likeness (QED) is 0.497. The summed E-state index contributed by atoms with van der Waals surface area (Å²) in [6.45, 7) is 3.07. The van der Waals surface area contributed by atoms with E-state index in [-0.39, 0.29) is 11.5 Å². The van der Waals surface area contributed by atoms with Crippen LogP contribution >= 0.6 is 12.2 Å². The van der Waals surface area contributed by atoms with Crippen molar-refractivity contribution >= 4 is 34.7 Å². The number of nitrogens with zero attached hydrogens (tertiary/aromatic N) is 3. The molecule has 0 unspecified atom stereocenters. The number of hydrogen-bond acceptors (Lipinski definition) is 4. The van der Waals surface area contributed by atoms with Crippen molar-refractivity contribution in [3.8, 4) is 0 Å². The molecular weight excluding hydrogens is 386 g/mol. The molecule has 7 nitrogen and oxygen atoms in total. The summed E-state index contributed by atoms with van der Waals surface area (Å²) < 4.78 is 3.80. The van der Waals surface area contributed by atoms with Crippen molar-refractivity contribution < 1.29 is 4.79 Å². The molecule has 2 aromatic heterocycles. The SMILES string of the molecule is CCn1c(=S)[nH]c2cc(C(=O)Nc3ccc(Cn4ccnc4)cc3)ccc2c1=O. The standard InChI is InChI=1S/C21H19N5O2S/c1-2-26-20(28)17-8-5-15(11-18(17)24-21(26)29)19(27)23-16-6-3-14(4-7-16)12-25-10-9-22-13-25/h3-11,13H,2,12H2,1H3,(H,23,27)(H,24,29). The number of rotatable bonds is 5. The van der Waals surface area contributed by atoms with E-state index in [9.17, 15) is 9.59 Å². The Bertz CT molecular complexity index is 1290. The second-order valence-corrected chi connectivity index (χ2v) is 7.01. The predicted octanol–water partition coefficient (Wildman–Crippen LogP) is 3.58. The fourth-order valence-electron chi connectivity index (χ4n) is 3.17. The fraction of sp³-hybridized carbons (Fsp3) is 0.143. The zero-order valence-electron chi connectivity index (χ0n) is 15.8. The molecule has 8 heteroatoms. The summed E-state index contributed by atoms with van der Waals surface area (Å²) in [7, 11) is 0. The van der Waals surface area contributed by atoms with E-state index in [4.69, 9.17) is 12.2 Å². The highest BCUT2D eigenvalue weighted by Gasteiger charge is 2.10. The van der Waals surface area contributed by atoms with Gasteiger partial charge in [-0.2, -0.15) is 0 Å². The Labute approximate surface area is 171 Å². The summed E-state index contributed by atoms with van der Waals surface area (Å²) in [6.07, 6.45) is 5.40. The van der Waals surface area contributed by atoms with Gasteiger partial charge < -0.3 is 14.9 Å². The maximum atomic E-state index is 12.6. The molecule has 0 aliphatic rings. The Morgan fingerprint density at radius 2 is 2.00 bits per heavy atom. The molecule has 0 radical (unpaired) electrons. The van der Waals surface area contributed by atoms with Crippen LogP contribution in [0.25, 0.3) is 10.9 Å². The van der Waals surface area contributed by atoms with E-state index in [1.807, 2.05) is 42.0 Å². The van der Waals surface area contributed by atoms with Crippen molar-refractivity contribution in [2.24, 2.45) is 0 Å². The fourth-order valence-corrected chi connectivity index (χ4v) is 3.49. The van der Waals surface area contributed by atoms with E-state index in [1.165, 1.54) is 4.57 Å². The number of aromatic nitrogens is 4. The van der Waals surface area contributed by atoms with E-state index in [0.717, 1.165) is 5.56 Å². The van der Waals surface area contributed by atoms with Crippen molar-refractivity contribution in [1.82, 2.24) is 19.1 Å². The van der Waals surface area contributed by atoms with E-state index < -0.39 is 0 Å². The number of H-pyrrole nitrogens is 1. The van der Waals surface area contributed by atoms with Crippen LogP contribution < -0.4 is 10.9 Å². The Balaban J connectivity index is 1.54. The molecule has 0 fully saturated rings. The van der Waals surface area contributed by atoms with E-state index in [0.29, 0.717) is 40.0 Å². The van der Waals surface area contributed by atoms with Gasteiger partial charge >= 0.3 is 0 Å². The number of amides is 1. The summed E-state index contributed by atoms with van der Waals surface area (Å²) in [6, 6.07) is 12.6. The van der Waals surface area contributed by atoms with Crippen LogP contribution in [0.5, 0.6) is 0 Å². The number of aromatic amines is 1. The molecular formula is C21H19N5O2S. The van der Waals surface area contributed by atoms with Crippen molar-refractivity contribution in [3.63, 3.8) is 0 Å². The lowest BCUT2D eigenvalue weighted by Gasteiger charge is -2.09. The number of imidazole rings is 1. The van der Waals surface area contributed by atoms with Crippen LogP contribution in [0.3, 0.4) is 0 Å². The summed E-state index contributed by atoms with van der Waals surface area (Å²) in [4.78, 5) is 32.2. The van der Waals surface area contributed by atoms with Gasteiger partial charge in [-0.05, 0) is 55.0 Å². The molecule has 4 aromatic rings. The van der Waals surface area contributed by atoms with Crippen molar-refractivity contribution in [1.29, 1.82) is 0 Å². The highest BCUT2D eigenvalue weighted by molar-refractivity contribution is 7.71. The number of benzene rings is 2. The highest BCUT2D eigenvalue weighted by Crippen LogP contribution is 2.15. The van der Waals surface area contributed by atoms with Gasteiger partial charge in [0, 0.05) is 36.7 Å². The maximum absolute atomic E-state index is 12.6. The molecule has 2 N–H and O–H groups in total. The Morgan fingerprint density at radius 3 is 2.69 bits per heavy atom. The molecule has 0 saturated carbocycles. The topological polar surface area (TPSA) is 84.7 Å². The van der Waals surface area contributed by atoms with Crippen LogP contribution in [-0.2, 0) is 13.1 Å². The second kappa shape index (κ2) is 7.84. The number of carbonyl (C=O) groups excluding carboxylic acids is 1. The van der Waals surface area contributed by atoms with Gasteiger partial charge in [0.05, 0.1) is 17.2 Å². The average molecular weight is 405 g/mol. The largest absolute Gasteiger partial charge is 0.333 e. The number of fused-ring (bicyclic) bond motifs is 1. The molecule has 0 aliphatic carbocycles. The molecule has 0 spiro atoms. The lowest BCUT2D eigenvalue weighted by Crippen LogP contribution is -2.21. The summed E-state index contributed by atoms with van der Waals surface area (Å²) in [5.74, 6) is -0.256. The normalized spacial score (nSPS) is 10.9. The maximum Gasteiger partial charge on any atom is 0.262 e. The molecule has 146 valence electrons. The number of anilines is 1. The second-order valence-electron chi connectivity index (χ2n) is 6.63. The van der Waals surface area contributed by atoms with Gasteiger partial charge in [-0.25, -0.2) is 4.98 Å².